The maximum absolute atomic E-state index is 12.4. The number of rotatable bonds is 5. The second-order valence-corrected chi connectivity index (χ2v) is 3.48. The molecule has 106 valence electrons. The maximum Gasteiger partial charge on any atom is 0.302 e. The number of halogens is 3. The van der Waals surface area contributed by atoms with Crippen LogP contribution in [0.1, 0.15) is 12.0 Å². The Kier molecular flexibility index (Phi) is 5.39. The highest BCUT2D eigenvalue weighted by atomic mass is 19.3. The number of carbonyl (C=O) groups excluding carboxylic acids is 1. The van der Waals surface area contributed by atoms with E-state index >= 15 is 0 Å². The average molecular weight is 287 g/mol. The van der Waals surface area contributed by atoms with Crippen molar-refractivity contribution in [3.63, 3.8) is 0 Å². The van der Waals surface area contributed by atoms with Crippen molar-refractivity contribution in [2.75, 3.05) is 0 Å². The summed E-state index contributed by atoms with van der Waals surface area (Å²) in [7, 11) is 0. The Morgan fingerprint density at radius 1 is 1.30 bits per heavy atom. The van der Waals surface area contributed by atoms with Crippen molar-refractivity contribution in [1.82, 2.24) is 5.43 Å². The monoisotopic (exact) mass is 287 g/mol. The van der Waals surface area contributed by atoms with E-state index < -0.39 is 29.2 Å². The highest BCUT2D eigenvalue weighted by molar-refractivity contribution is 5.83. The molecule has 0 saturated heterocycles. The first-order valence-corrected chi connectivity index (χ1v) is 5.16. The highest BCUT2D eigenvalue weighted by Gasteiger charge is 2.10. The van der Waals surface area contributed by atoms with Crippen molar-refractivity contribution in [3.05, 3.63) is 51.9 Å². The van der Waals surface area contributed by atoms with Gasteiger partial charge >= 0.3 is 6.08 Å². The average Bonchev–Trinajstić information content (AvgIpc) is 2.39. The molecule has 0 unspecified atom stereocenters. The molecule has 6 nitrogen and oxygen atoms in total. The Morgan fingerprint density at radius 3 is 2.40 bits per heavy atom. The lowest BCUT2D eigenvalue weighted by Gasteiger charge is -1.97. The molecule has 0 heterocycles. The molecule has 1 N–H and O–H groups in total. The van der Waals surface area contributed by atoms with Gasteiger partial charge in [-0.05, 0) is 17.7 Å². The van der Waals surface area contributed by atoms with Crippen molar-refractivity contribution < 1.29 is 22.9 Å². The summed E-state index contributed by atoms with van der Waals surface area (Å²) in [6, 6.07) is 5.19. The number of nitro groups is 1. The number of hydrazone groups is 1. The summed E-state index contributed by atoms with van der Waals surface area (Å²) in [5.41, 5.74) is 2.16. The van der Waals surface area contributed by atoms with Crippen LogP contribution in [0.2, 0.25) is 0 Å². The molecule has 9 heteroatoms. The van der Waals surface area contributed by atoms with Crippen LogP contribution in [0.4, 0.5) is 18.9 Å². The van der Waals surface area contributed by atoms with Crippen LogP contribution in [-0.2, 0) is 4.79 Å². The Hall–Kier alpha value is -2.71. The van der Waals surface area contributed by atoms with Crippen LogP contribution in [-0.4, -0.2) is 17.0 Å². The van der Waals surface area contributed by atoms with Gasteiger partial charge in [-0.25, -0.2) is 9.82 Å². The van der Waals surface area contributed by atoms with Gasteiger partial charge in [0.1, 0.15) is 0 Å². The number of hydrogen-bond acceptors (Lipinski definition) is 4. The molecule has 0 fully saturated rings. The summed E-state index contributed by atoms with van der Waals surface area (Å²) in [5.74, 6) is -2.87. The second-order valence-electron chi connectivity index (χ2n) is 3.48. The number of nitrogens with zero attached hydrogens (tertiary/aromatic N) is 2. The number of non-ortho nitro benzene ring substituents is 1. The fourth-order valence-electron chi connectivity index (χ4n) is 1.11. The Bertz CT molecular complexity index is 566. The molecular weight excluding hydrogens is 279 g/mol. The lowest BCUT2D eigenvalue weighted by molar-refractivity contribution is -0.384. The Morgan fingerprint density at radius 2 is 1.90 bits per heavy atom. The van der Waals surface area contributed by atoms with E-state index in [9.17, 15) is 28.1 Å². The quantitative estimate of drug-likeness (QED) is 0.513. The number of carbonyl (C=O) groups is 1. The molecule has 1 aromatic carbocycles. The third kappa shape index (κ3) is 4.88. The van der Waals surface area contributed by atoms with Crippen LogP contribution in [0.25, 0.3) is 0 Å². The van der Waals surface area contributed by atoms with Gasteiger partial charge in [-0.1, -0.05) is 0 Å². The van der Waals surface area contributed by atoms with Gasteiger partial charge in [-0.15, -0.1) is 0 Å². The van der Waals surface area contributed by atoms with E-state index in [-0.39, 0.29) is 5.69 Å². The van der Waals surface area contributed by atoms with E-state index in [0.717, 1.165) is 6.21 Å². The predicted molar refractivity (Wildman–Crippen MR) is 63.8 cm³/mol. The summed E-state index contributed by atoms with van der Waals surface area (Å²) in [5, 5.41) is 13.8. The third-order valence-electron chi connectivity index (χ3n) is 2.03. The van der Waals surface area contributed by atoms with Crippen molar-refractivity contribution in [3.8, 4) is 0 Å². The second kappa shape index (κ2) is 7.02. The highest BCUT2D eigenvalue weighted by Crippen LogP contribution is 2.12. The van der Waals surface area contributed by atoms with Gasteiger partial charge in [0, 0.05) is 12.1 Å². The summed E-state index contributed by atoms with van der Waals surface area (Å²) >= 11 is 0. The van der Waals surface area contributed by atoms with Gasteiger partial charge in [-0.3, -0.25) is 14.9 Å². The standard InChI is InChI=1S/C11H8F3N3O3/c12-9(11(13)14)5-10(18)16-15-6-7-1-3-8(4-2-7)17(19)20/h1-4,6H,5H2,(H,16,18). The van der Waals surface area contributed by atoms with E-state index in [1.165, 1.54) is 24.3 Å². The summed E-state index contributed by atoms with van der Waals surface area (Å²) in [6.45, 7) is 0. The molecule has 1 rings (SSSR count). The summed E-state index contributed by atoms with van der Waals surface area (Å²) < 4.78 is 35.8. The van der Waals surface area contributed by atoms with E-state index in [4.69, 9.17) is 0 Å². The van der Waals surface area contributed by atoms with Crippen LogP contribution in [0.3, 0.4) is 0 Å². The first kappa shape index (κ1) is 15.3. The summed E-state index contributed by atoms with van der Waals surface area (Å²) in [6.07, 6.45) is -2.53. The number of amides is 1. The number of nitrogens with one attached hydrogen (secondary N) is 1. The largest absolute Gasteiger partial charge is 0.302 e. The van der Waals surface area contributed by atoms with Gasteiger partial charge in [-0.2, -0.15) is 13.9 Å². The zero-order chi connectivity index (χ0) is 15.1. The van der Waals surface area contributed by atoms with E-state index in [2.05, 4.69) is 5.10 Å². The molecule has 1 amide bonds. The maximum atomic E-state index is 12.4. The first-order chi connectivity index (χ1) is 9.40. The smallest absolute Gasteiger partial charge is 0.273 e. The number of hydrogen-bond donors (Lipinski definition) is 1. The van der Waals surface area contributed by atoms with Gasteiger partial charge in [0.2, 0.25) is 5.91 Å². The van der Waals surface area contributed by atoms with Gasteiger partial charge in [0.05, 0.1) is 17.6 Å². The summed E-state index contributed by atoms with van der Waals surface area (Å²) in [4.78, 5) is 20.8. The van der Waals surface area contributed by atoms with Gasteiger partial charge < -0.3 is 0 Å². The van der Waals surface area contributed by atoms with Crippen LogP contribution in [0.5, 0.6) is 0 Å². The Labute approximate surface area is 110 Å². The van der Waals surface area contributed by atoms with Crippen molar-refractivity contribution in [1.29, 1.82) is 0 Å². The Balaban J connectivity index is 2.55. The normalized spacial score (nSPS) is 10.3. The molecule has 0 aliphatic heterocycles. The van der Waals surface area contributed by atoms with Crippen LogP contribution in [0.15, 0.2) is 41.3 Å². The molecule has 0 bridgehead atoms. The SMILES string of the molecule is O=C(CC(F)=C(F)F)NN=Cc1ccc([N+](=O)[O-])cc1. The molecule has 0 atom stereocenters. The third-order valence-corrected chi connectivity index (χ3v) is 2.03. The zero-order valence-corrected chi connectivity index (χ0v) is 9.85. The topological polar surface area (TPSA) is 84.6 Å². The lowest BCUT2D eigenvalue weighted by atomic mass is 10.2. The minimum Gasteiger partial charge on any atom is -0.273 e. The molecule has 1 aromatic rings. The zero-order valence-electron chi connectivity index (χ0n) is 9.85. The molecular formula is C11H8F3N3O3. The molecule has 0 aliphatic rings. The van der Waals surface area contributed by atoms with Crippen molar-refractivity contribution in [2.24, 2.45) is 5.10 Å². The fourth-order valence-corrected chi connectivity index (χ4v) is 1.11. The molecule has 20 heavy (non-hydrogen) atoms. The molecule has 0 radical (unpaired) electrons. The van der Waals surface area contributed by atoms with Crippen molar-refractivity contribution >= 4 is 17.8 Å². The van der Waals surface area contributed by atoms with Crippen LogP contribution < -0.4 is 5.43 Å². The van der Waals surface area contributed by atoms with Crippen LogP contribution in [0, 0.1) is 10.1 Å². The van der Waals surface area contributed by atoms with Crippen molar-refractivity contribution in [2.45, 2.75) is 6.42 Å². The van der Waals surface area contributed by atoms with E-state index in [1.54, 1.807) is 0 Å². The lowest BCUT2D eigenvalue weighted by Crippen LogP contribution is -2.17. The first-order valence-electron chi connectivity index (χ1n) is 5.16. The van der Waals surface area contributed by atoms with Gasteiger partial charge in [0.15, 0.2) is 5.83 Å². The van der Waals surface area contributed by atoms with Gasteiger partial charge in [0.25, 0.3) is 5.69 Å². The predicted octanol–water partition coefficient (Wildman–Crippen LogP) is 2.51. The molecule has 0 aliphatic carbocycles. The fraction of sp³-hybridized carbons (Fsp3) is 0.0909. The molecule has 0 aromatic heterocycles. The van der Waals surface area contributed by atoms with Crippen LogP contribution >= 0.6 is 0 Å². The molecule has 0 spiro atoms. The minimum atomic E-state index is -2.56. The number of nitro benzene ring substituents is 1. The number of benzene rings is 1. The molecule has 0 saturated carbocycles. The van der Waals surface area contributed by atoms with E-state index in [1.807, 2.05) is 5.43 Å². The minimum absolute atomic E-state index is 0.114. The van der Waals surface area contributed by atoms with E-state index in [0.29, 0.717) is 5.56 Å².